The van der Waals surface area contributed by atoms with Gasteiger partial charge in [0.05, 0.1) is 11.8 Å². The van der Waals surface area contributed by atoms with Crippen molar-refractivity contribution >= 4 is 5.91 Å². The van der Waals surface area contributed by atoms with Crippen molar-refractivity contribution in [1.82, 2.24) is 9.88 Å². The average molecular weight is 209 g/mol. The fraction of sp³-hybridized carbons (Fsp3) is 0.400. The number of pyridine rings is 1. The van der Waals surface area contributed by atoms with Crippen LogP contribution in [0.5, 0.6) is 0 Å². The van der Waals surface area contributed by atoms with Crippen molar-refractivity contribution < 1.29 is 9.18 Å². The minimum Gasteiger partial charge on any atom is -0.335 e. The zero-order valence-electron chi connectivity index (χ0n) is 8.40. The molecule has 4 nitrogen and oxygen atoms in total. The van der Waals surface area contributed by atoms with Crippen LogP contribution in [0, 0.1) is 5.82 Å². The Balaban J connectivity index is 2.10. The number of aromatic nitrogens is 1. The number of carbonyl (C=O) groups is 1. The summed E-state index contributed by atoms with van der Waals surface area (Å²) in [6.07, 6.45) is 2.43. The van der Waals surface area contributed by atoms with E-state index in [-0.39, 0.29) is 17.0 Å². The lowest BCUT2D eigenvalue weighted by Crippen LogP contribution is -2.66. The topological polar surface area (TPSA) is 59.2 Å². The zero-order chi connectivity index (χ0) is 11.1. The monoisotopic (exact) mass is 209 g/mol. The molecule has 2 heterocycles. The molecule has 5 heteroatoms. The van der Waals surface area contributed by atoms with Gasteiger partial charge in [0.2, 0.25) is 0 Å². The summed E-state index contributed by atoms with van der Waals surface area (Å²) < 4.78 is 12.8. The Morgan fingerprint density at radius 1 is 1.60 bits per heavy atom. The lowest BCUT2D eigenvalue weighted by Gasteiger charge is -2.45. The molecule has 1 aromatic heterocycles. The molecule has 0 atom stereocenters. The van der Waals surface area contributed by atoms with Gasteiger partial charge in [0.25, 0.3) is 5.91 Å². The average Bonchev–Trinajstić information content (AvgIpc) is 2.13. The zero-order valence-corrected chi connectivity index (χ0v) is 8.40. The summed E-state index contributed by atoms with van der Waals surface area (Å²) in [5.74, 6) is -0.721. The Morgan fingerprint density at radius 2 is 2.27 bits per heavy atom. The Bertz CT molecular complexity index is 397. The molecule has 2 rings (SSSR count). The molecular formula is C10H12FN3O. The first-order valence-corrected chi connectivity index (χ1v) is 4.67. The highest BCUT2D eigenvalue weighted by molar-refractivity contribution is 5.94. The second kappa shape index (κ2) is 3.27. The quantitative estimate of drug-likeness (QED) is 0.728. The first kappa shape index (κ1) is 10.0. The summed E-state index contributed by atoms with van der Waals surface area (Å²) in [7, 11) is 0. The van der Waals surface area contributed by atoms with E-state index < -0.39 is 5.82 Å². The molecule has 2 N–H and O–H groups in total. The van der Waals surface area contributed by atoms with Crippen LogP contribution in [0.1, 0.15) is 17.3 Å². The summed E-state index contributed by atoms with van der Waals surface area (Å²) in [6.45, 7) is 2.88. The molecule has 1 fully saturated rings. The molecule has 0 spiro atoms. The lowest BCUT2D eigenvalue weighted by atomic mass is 9.93. The minimum atomic E-state index is -0.503. The fourth-order valence-corrected chi connectivity index (χ4v) is 1.68. The Labute approximate surface area is 86.9 Å². The molecule has 1 amide bonds. The highest BCUT2D eigenvalue weighted by Gasteiger charge is 2.38. The maximum atomic E-state index is 12.8. The van der Waals surface area contributed by atoms with Crippen molar-refractivity contribution in [2.45, 2.75) is 12.5 Å². The van der Waals surface area contributed by atoms with E-state index in [2.05, 4.69) is 4.98 Å². The molecule has 1 aliphatic heterocycles. The first-order valence-electron chi connectivity index (χ1n) is 4.67. The van der Waals surface area contributed by atoms with Crippen LogP contribution in [0.4, 0.5) is 4.39 Å². The van der Waals surface area contributed by atoms with E-state index in [4.69, 9.17) is 5.73 Å². The maximum Gasteiger partial charge on any atom is 0.255 e. The van der Waals surface area contributed by atoms with Crippen molar-refractivity contribution in [2.75, 3.05) is 13.1 Å². The number of likely N-dealkylation sites (tertiary alicyclic amines) is 1. The van der Waals surface area contributed by atoms with Crippen LogP contribution in [0.2, 0.25) is 0 Å². The SMILES string of the molecule is CC1(N)CN(C(=O)c2cncc(F)c2)C1. The smallest absolute Gasteiger partial charge is 0.255 e. The van der Waals surface area contributed by atoms with Crippen LogP contribution in [0.25, 0.3) is 0 Å². The second-order valence-electron chi connectivity index (χ2n) is 4.21. The van der Waals surface area contributed by atoms with Gasteiger partial charge in [0, 0.05) is 24.8 Å². The van der Waals surface area contributed by atoms with Gasteiger partial charge in [0.1, 0.15) is 5.82 Å². The molecule has 1 saturated heterocycles. The largest absolute Gasteiger partial charge is 0.335 e. The van der Waals surface area contributed by atoms with Crippen LogP contribution in [0.3, 0.4) is 0 Å². The van der Waals surface area contributed by atoms with Crippen LogP contribution in [-0.4, -0.2) is 34.4 Å². The lowest BCUT2D eigenvalue weighted by molar-refractivity contribution is 0.0453. The number of nitrogens with two attached hydrogens (primary N) is 1. The van der Waals surface area contributed by atoms with Gasteiger partial charge in [-0.05, 0) is 13.0 Å². The number of hydrogen-bond acceptors (Lipinski definition) is 3. The highest BCUT2D eigenvalue weighted by Crippen LogP contribution is 2.19. The van der Waals surface area contributed by atoms with Gasteiger partial charge in [-0.3, -0.25) is 9.78 Å². The van der Waals surface area contributed by atoms with Gasteiger partial charge in [0.15, 0.2) is 0 Å². The molecule has 0 bridgehead atoms. The predicted molar refractivity (Wildman–Crippen MR) is 52.7 cm³/mol. The molecule has 0 saturated carbocycles. The van der Waals surface area contributed by atoms with E-state index in [9.17, 15) is 9.18 Å². The van der Waals surface area contributed by atoms with E-state index in [1.165, 1.54) is 12.3 Å². The van der Waals surface area contributed by atoms with Crippen molar-refractivity contribution in [3.63, 3.8) is 0 Å². The van der Waals surface area contributed by atoms with Gasteiger partial charge >= 0.3 is 0 Å². The Morgan fingerprint density at radius 3 is 2.80 bits per heavy atom. The third-order valence-corrected chi connectivity index (χ3v) is 2.34. The molecular weight excluding hydrogens is 197 g/mol. The normalized spacial score (nSPS) is 18.5. The second-order valence-corrected chi connectivity index (χ2v) is 4.21. The highest BCUT2D eigenvalue weighted by atomic mass is 19.1. The molecule has 15 heavy (non-hydrogen) atoms. The summed E-state index contributed by atoms with van der Waals surface area (Å²) in [5, 5.41) is 0. The summed E-state index contributed by atoms with van der Waals surface area (Å²) in [5.41, 5.74) is 5.73. The van der Waals surface area contributed by atoms with Crippen molar-refractivity contribution in [1.29, 1.82) is 0 Å². The van der Waals surface area contributed by atoms with Crippen LogP contribution < -0.4 is 5.73 Å². The fourth-order valence-electron chi connectivity index (χ4n) is 1.68. The van der Waals surface area contributed by atoms with E-state index in [1.54, 1.807) is 4.90 Å². The van der Waals surface area contributed by atoms with E-state index >= 15 is 0 Å². The summed E-state index contributed by atoms with van der Waals surface area (Å²) in [6, 6.07) is 1.18. The van der Waals surface area contributed by atoms with Gasteiger partial charge in [-0.2, -0.15) is 0 Å². The van der Waals surface area contributed by atoms with Gasteiger partial charge in [-0.1, -0.05) is 0 Å². The number of rotatable bonds is 1. The number of nitrogens with zero attached hydrogens (tertiary/aromatic N) is 2. The van der Waals surface area contributed by atoms with Crippen molar-refractivity contribution in [3.05, 3.63) is 29.8 Å². The van der Waals surface area contributed by atoms with Gasteiger partial charge in [-0.25, -0.2) is 4.39 Å². The van der Waals surface area contributed by atoms with Crippen LogP contribution in [0.15, 0.2) is 18.5 Å². The molecule has 1 aliphatic rings. The number of amides is 1. The third kappa shape index (κ3) is 1.97. The van der Waals surface area contributed by atoms with Crippen molar-refractivity contribution in [3.8, 4) is 0 Å². The Kier molecular flexibility index (Phi) is 2.19. The molecule has 0 aliphatic carbocycles. The van der Waals surface area contributed by atoms with Crippen LogP contribution in [-0.2, 0) is 0 Å². The molecule has 1 aromatic rings. The minimum absolute atomic E-state index is 0.218. The Hall–Kier alpha value is -1.49. The maximum absolute atomic E-state index is 12.8. The van der Waals surface area contributed by atoms with E-state index in [0.29, 0.717) is 13.1 Å². The number of hydrogen-bond donors (Lipinski definition) is 1. The van der Waals surface area contributed by atoms with Crippen LogP contribution >= 0.6 is 0 Å². The molecule has 0 radical (unpaired) electrons. The predicted octanol–water partition coefficient (Wildman–Crippen LogP) is 0.394. The van der Waals surface area contributed by atoms with Gasteiger partial charge in [-0.15, -0.1) is 0 Å². The first-order chi connectivity index (χ1) is 6.98. The standard InChI is InChI=1S/C10H12FN3O/c1-10(12)5-14(6-10)9(15)7-2-8(11)4-13-3-7/h2-4H,5-6,12H2,1H3. The summed E-state index contributed by atoms with van der Waals surface area (Å²) >= 11 is 0. The van der Waals surface area contributed by atoms with Crippen molar-refractivity contribution in [2.24, 2.45) is 5.73 Å². The molecule has 0 aromatic carbocycles. The summed E-state index contributed by atoms with van der Waals surface area (Å²) in [4.78, 5) is 16.9. The number of carbonyl (C=O) groups excluding carboxylic acids is 1. The number of halogens is 1. The third-order valence-electron chi connectivity index (χ3n) is 2.34. The molecule has 0 unspecified atom stereocenters. The molecule has 80 valence electrons. The van der Waals surface area contributed by atoms with Gasteiger partial charge < -0.3 is 10.6 Å². The van der Waals surface area contributed by atoms with E-state index in [1.807, 2.05) is 6.92 Å². The van der Waals surface area contributed by atoms with E-state index in [0.717, 1.165) is 6.20 Å².